The number of carbonyl (C=O) groups excluding carboxylic acids is 1. The number of piperazine rings is 2. The van der Waals surface area contributed by atoms with E-state index < -0.39 is 23.5 Å². The molecule has 4 heterocycles. The second-order valence-corrected chi connectivity index (χ2v) is 18.6. The van der Waals surface area contributed by atoms with E-state index in [0.717, 1.165) is 95.6 Å². The van der Waals surface area contributed by atoms with Crippen molar-refractivity contribution in [1.82, 2.24) is 24.8 Å². The second kappa shape index (κ2) is 21.4. The van der Waals surface area contributed by atoms with Gasteiger partial charge in [0.2, 0.25) is 0 Å². The van der Waals surface area contributed by atoms with Crippen LogP contribution in [-0.4, -0.2) is 128 Å². The van der Waals surface area contributed by atoms with Crippen molar-refractivity contribution < 1.29 is 40.8 Å². The summed E-state index contributed by atoms with van der Waals surface area (Å²) in [5.74, 6) is 1.44. The van der Waals surface area contributed by atoms with Gasteiger partial charge in [0.25, 0.3) is 0 Å². The molecule has 2 unspecified atom stereocenters. The van der Waals surface area contributed by atoms with Crippen LogP contribution in [0.15, 0.2) is 53.4 Å². The first-order valence-electron chi connectivity index (χ1n) is 22.8. The van der Waals surface area contributed by atoms with E-state index in [4.69, 9.17) is 4.65 Å². The minimum atomic E-state index is -4.29. The van der Waals surface area contributed by atoms with Crippen LogP contribution >= 0.6 is 0 Å². The minimum absolute atomic E-state index is 0.148. The van der Waals surface area contributed by atoms with Crippen molar-refractivity contribution in [3.05, 3.63) is 70.8 Å². The topological polar surface area (TPSA) is 83.9 Å². The van der Waals surface area contributed by atoms with Crippen LogP contribution in [0.1, 0.15) is 113 Å². The first kappa shape index (κ1) is 48.6. The van der Waals surface area contributed by atoms with Crippen molar-refractivity contribution in [2.75, 3.05) is 65.5 Å². The molecule has 342 valence electrons. The van der Waals surface area contributed by atoms with Crippen LogP contribution in [0.2, 0.25) is 6.82 Å². The maximum absolute atomic E-state index is 13.0. The molecule has 17 heteroatoms. The fourth-order valence-electron chi connectivity index (χ4n) is 9.70. The van der Waals surface area contributed by atoms with E-state index in [0.29, 0.717) is 55.7 Å². The summed E-state index contributed by atoms with van der Waals surface area (Å²) < 4.78 is 82.0. The SMILES string of the molecule is CB(O)N1CCC(C)(N2CCN(C(c3ccc(C(F)(F)F)cc3)C3CC3)[C@@H](C)C2)CC1.C[C@H]1CNCCN1C(c1ccc(C(F)(F)F)cc1)C1CC1.O=C1CCCOB=NCC1. The van der Waals surface area contributed by atoms with Gasteiger partial charge in [-0.2, -0.15) is 26.3 Å². The molecule has 2 aliphatic carbocycles. The third-order valence-electron chi connectivity index (χ3n) is 13.8. The van der Waals surface area contributed by atoms with Gasteiger partial charge in [0.15, 0.2) is 0 Å². The molecule has 0 aromatic heterocycles. The Balaban J connectivity index is 0.000000177. The molecule has 2 aromatic carbocycles. The van der Waals surface area contributed by atoms with Gasteiger partial charge in [0.05, 0.1) is 11.1 Å². The Labute approximate surface area is 365 Å². The summed E-state index contributed by atoms with van der Waals surface area (Å²) in [5, 5.41) is 13.2. The number of carbonyl (C=O) groups is 1. The predicted molar refractivity (Wildman–Crippen MR) is 232 cm³/mol. The van der Waals surface area contributed by atoms with Gasteiger partial charge in [-0.1, -0.05) is 24.3 Å². The summed E-state index contributed by atoms with van der Waals surface area (Å²) in [4.78, 5) is 24.5. The molecular formula is C45H66B2F6N6O3. The summed E-state index contributed by atoms with van der Waals surface area (Å²) in [6, 6.07) is 12.9. The number of alkyl halides is 6. The molecule has 9 nitrogen and oxygen atoms in total. The Hall–Kier alpha value is -2.82. The molecule has 4 atom stereocenters. The van der Waals surface area contributed by atoms with E-state index in [1.54, 1.807) is 24.3 Å². The molecule has 5 fully saturated rings. The second-order valence-electron chi connectivity index (χ2n) is 18.6. The van der Waals surface area contributed by atoms with Gasteiger partial charge >= 0.3 is 79.2 Å². The monoisotopic (exact) mass is 875 g/mol. The molecule has 6 aliphatic rings. The Morgan fingerprint density at radius 1 is 0.806 bits per heavy atom. The fraction of sp³-hybridized carbons (Fsp3) is 0.711. The Kier molecular flexibility index (Phi) is 16.8. The van der Waals surface area contributed by atoms with Gasteiger partial charge in [-0.15, -0.1) is 0 Å². The van der Waals surface area contributed by atoms with Crippen molar-refractivity contribution >= 4 is 20.1 Å². The van der Waals surface area contributed by atoms with Crippen LogP contribution in [-0.2, 0) is 21.8 Å². The quantitative estimate of drug-likeness (QED) is 0.204. The maximum atomic E-state index is 13.0. The van der Waals surface area contributed by atoms with Gasteiger partial charge < -0.3 is 15.2 Å². The molecule has 2 N–H and O–H groups in total. The summed E-state index contributed by atoms with van der Waals surface area (Å²) in [5.41, 5.74) is 1.07. The van der Waals surface area contributed by atoms with Crippen molar-refractivity contribution in [3.8, 4) is 0 Å². The number of hydrogen-bond acceptors (Lipinski definition) is 9. The molecule has 62 heavy (non-hydrogen) atoms. The predicted octanol–water partition coefficient (Wildman–Crippen LogP) is 8.14. The Morgan fingerprint density at radius 3 is 1.81 bits per heavy atom. The molecule has 2 aromatic rings. The molecular weight excluding hydrogens is 808 g/mol. The van der Waals surface area contributed by atoms with Crippen LogP contribution in [0.25, 0.3) is 0 Å². The van der Waals surface area contributed by atoms with E-state index in [2.05, 4.69) is 50.5 Å². The average molecular weight is 875 g/mol. The van der Waals surface area contributed by atoms with Crippen molar-refractivity contribution in [3.63, 3.8) is 0 Å². The van der Waals surface area contributed by atoms with Crippen LogP contribution < -0.4 is 5.32 Å². The van der Waals surface area contributed by atoms with Crippen molar-refractivity contribution in [2.24, 2.45) is 16.7 Å². The fourth-order valence-corrected chi connectivity index (χ4v) is 9.70. The number of ketones is 1. The van der Waals surface area contributed by atoms with E-state index in [1.807, 2.05) is 6.82 Å². The van der Waals surface area contributed by atoms with E-state index in [-0.39, 0.29) is 24.7 Å². The normalized spacial score (nSPS) is 25.6. The molecule has 0 bridgehead atoms. The van der Waals surface area contributed by atoms with E-state index >= 15 is 0 Å². The number of piperidine rings is 1. The van der Waals surface area contributed by atoms with Crippen LogP contribution in [0.4, 0.5) is 26.3 Å². The molecule has 4 aliphatic heterocycles. The molecule has 2 saturated carbocycles. The van der Waals surface area contributed by atoms with E-state index in [9.17, 15) is 36.2 Å². The molecule has 8 rings (SSSR count). The summed E-state index contributed by atoms with van der Waals surface area (Å²) in [6.45, 7) is 17.4. The first-order chi connectivity index (χ1) is 29.4. The summed E-state index contributed by atoms with van der Waals surface area (Å²) in [7, 11) is 1.06. The summed E-state index contributed by atoms with van der Waals surface area (Å²) in [6.07, 6.45) is 0.280. The molecule has 0 spiro atoms. The van der Waals surface area contributed by atoms with Crippen LogP contribution in [0.3, 0.4) is 0 Å². The standard InChI is InChI=1S/C23H35BF3N3O.C16H21F3N2.C6H10BNO2/c1-17-16-28(22(2)10-12-29(13-11-22)24(3)31)14-15-30(17)21(18-4-5-18)19-6-8-20(9-7-19)23(25,26)27;1-11-10-20-8-9-21(11)15(12-2-3-12)13-4-6-14(7-5-13)16(17,18)19;9-6-2-1-5-10-7-8-4-3-6/h6-9,17-18,21,31H,4-5,10-16H2,1-3H3;4-7,11-12,15,20H,2-3,8-10H2,1H3;1-5H2/t17-,21?;11-,15?;/m00./s1. The van der Waals surface area contributed by atoms with Gasteiger partial charge in [-0.25, -0.2) is 0 Å². The van der Waals surface area contributed by atoms with Gasteiger partial charge in [-0.05, 0) is 126 Å². The first-order valence-corrected chi connectivity index (χ1v) is 22.8. The Bertz CT molecular complexity index is 1740. The summed E-state index contributed by atoms with van der Waals surface area (Å²) >= 11 is 0. The number of rotatable bonds is 8. The van der Waals surface area contributed by atoms with E-state index in [1.165, 1.54) is 44.4 Å². The van der Waals surface area contributed by atoms with Crippen molar-refractivity contribution in [2.45, 2.75) is 127 Å². The van der Waals surface area contributed by atoms with Crippen LogP contribution in [0, 0.1) is 11.8 Å². The van der Waals surface area contributed by atoms with Gasteiger partial charge in [-0.3, -0.25) is 14.7 Å². The number of benzene rings is 2. The molecule has 0 radical (unpaired) electrons. The average Bonchev–Trinajstić information content (AvgIpc) is 4.18. The number of Topliss-reactive ketones (excluding diaryl/α,β-unsaturated/α-hetero) is 1. The third kappa shape index (κ3) is 13.4. The zero-order chi connectivity index (χ0) is 44.7. The Morgan fingerprint density at radius 2 is 1.34 bits per heavy atom. The molecule has 3 saturated heterocycles. The third-order valence-corrected chi connectivity index (χ3v) is 13.8. The number of nitrogens with zero attached hydrogens (tertiary/aromatic N) is 5. The molecule has 0 amide bonds. The van der Waals surface area contributed by atoms with Gasteiger partial charge in [0, 0.05) is 69.0 Å². The zero-order valence-corrected chi connectivity index (χ0v) is 36.9. The number of hydrogen-bond donors (Lipinski definition) is 2. The number of nitrogens with one attached hydrogen (secondary N) is 1. The van der Waals surface area contributed by atoms with Crippen molar-refractivity contribution in [1.29, 1.82) is 0 Å². The number of halogens is 6. The zero-order valence-electron chi connectivity index (χ0n) is 36.9. The van der Waals surface area contributed by atoms with Crippen LogP contribution in [0.5, 0.6) is 0 Å². The van der Waals surface area contributed by atoms with Gasteiger partial charge in [0.1, 0.15) is 0 Å².